The summed E-state index contributed by atoms with van der Waals surface area (Å²) in [4.78, 5) is 12.2. The Labute approximate surface area is 75.0 Å². The summed E-state index contributed by atoms with van der Waals surface area (Å²) in [7, 11) is 0. The standard InChI is InChI=1S/C10H8OS/c11-9-4-1-3-8(7-9)10-5-2-6-12-10/h1-3,5-7H,4H2. The Bertz CT molecular complexity index is 344. The minimum atomic E-state index is 0.195. The number of hydrogen-bond donors (Lipinski definition) is 0. The van der Waals surface area contributed by atoms with Crippen molar-refractivity contribution in [3.63, 3.8) is 0 Å². The first-order chi connectivity index (χ1) is 5.86. The number of allylic oxidation sites excluding steroid dienone is 4. The van der Waals surface area contributed by atoms with Crippen LogP contribution in [0.1, 0.15) is 11.3 Å². The van der Waals surface area contributed by atoms with Gasteiger partial charge in [0.25, 0.3) is 0 Å². The lowest BCUT2D eigenvalue weighted by molar-refractivity contribution is -0.113. The lowest BCUT2D eigenvalue weighted by Crippen LogP contribution is -1.95. The van der Waals surface area contributed by atoms with Gasteiger partial charge in [-0.15, -0.1) is 11.3 Å². The maximum Gasteiger partial charge on any atom is 0.160 e. The molecule has 0 atom stereocenters. The second-order valence-electron chi connectivity index (χ2n) is 2.65. The molecule has 0 N–H and O–H groups in total. The van der Waals surface area contributed by atoms with Gasteiger partial charge in [-0.05, 0) is 23.1 Å². The quantitative estimate of drug-likeness (QED) is 0.643. The van der Waals surface area contributed by atoms with Crippen molar-refractivity contribution < 1.29 is 4.79 Å². The van der Waals surface area contributed by atoms with Crippen LogP contribution in [0.5, 0.6) is 0 Å². The van der Waals surface area contributed by atoms with E-state index in [1.165, 1.54) is 4.88 Å². The number of ketones is 1. The molecule has 0 spiro atoms. The van der Waals surface area contributed by atoms with E-state index in [1.807, 2.05) is 29.7 Å². The van der Waals surface area contributed by atoms with Crippen molar-refractivity contribution in [1.29, 1.82) is 0 Å². The molecule has 0 unspecified atom stereocenters. The predicted molar refractivity (Wildman–Crippen MR) is 51.1 cm³/mol. The van der Waals surface area contributed by atoms with Gasteiger partial charge in [-0.2, -0.15) is 0 Å². The van der Waals surface area contributed by atoms with E-state index >= 15 is 0 Å². The number of thiophene rings is 1. The molecular weight excluding hydrogens is 168 g/mol. The van der Waals surface area contributed by atoms with Crippen LogP contribution >= 0.6 is 11.3 Å². The maximum atomic E-state index is 11.0. The van der Waals surface area contributed by atoms with Crippen molar-refractivity contribution in [3.8, 4) is 0 Å². The van der Waals surface area contributed by atoms with E-state index in [0.717, 1.165) is 5.57 Å². The van der Waals surface area contributed by atoms with Gasteiger partial charge in [0, 0.05) is 11.3 Å². The molecule has 1 nitrogen and oxygen atoms in total. The molecule has 1 aliphatic carbocycles. The monoisotopic (exact) mass is 176 g/mol. The average molecular weight is 176 g/mol. The molecule has 2 rings (SSSR count). The van der Waals surface area contributed by atoms with Crippen LogP contribution in [0.4, 0.5) is 0 Å². The molecule has 0 radical (unpaired) electrons. The first-order valence-electron chi connectivity index (χ1n) is 3.81. The fourth-order valence-electron chi connectivity index (χ4n) is 1.18. The second kappa shape index (κ2) is 3.07. The van der Waals surface area contributed by atoms with Crippen LogP contribution in [0.15, 0.2) is 35.7 Å². The highest BCUT2D eigenvalue weighted by Gasteiger charge is 2.06. The molecule has 0 amide bonds. The Hall–Kier alpha value is -1.15. The predicted octanol–water partition coefficient (Wildman–Crippen LogP) is 2.66. The summed E-state index contributed by atoms with van der Waals surface area (Å²) in [5, 5.41) is 2.02. The Morgan fingerprint density at radius 1 is 1.42 bits per heavy atom. The van der Waals surface area contributed by atoms with Crippen molar-refractivity contribution in [2.45, 2.75) is 6.42 Å². The summed E-state index contributed by atoms with van der Waals surface area (Å²) in [5.41, 5.74) is 1.04. The third-order valence-corrected chi connectivity index (χ3v) is 2.66. The fraction of sp³-hybridized carbons (Fsp3) is 0.100. The van der Waals surface area contributed by atoms with Crippen LogP contribution in [0.25, 0.3) is 5.57 Å². The summed E-state index contributed by atoms with van der Waals surface area (Å²) >= 11 is 1.66. The van der Waals surface area contributed by atoms with Crippen molar-refractivity contribution in [3.05, 3.63) is 40.6 Å². The maximum absolute atomic E-state index is 11.0. The topological polar surface area (TPSA) is 17.1 Å². The molecule has 1 heterocycles. The summed E-state index contributed by atoms with van der Waals surface area (Å²) in [6.07, 6.45) is 6.19. The Morgan fingerprint density at radius 3 is 3.00 bits per heavy atom. The molecule has 2 heteroatoms. The normalized spacial score (nSPS) is 16.3. The van der Waals surface area contributed by atoms with Gasteiger partial charge in [0.2, 0.25) is 0 Å². The van der Waals surface area contributed by atoms with Crippen LogP contribution in [0.2, 0.25) is 0 Å². The SMILES string of the molecule is O=C1C=C(c2cccs2)C=CC1. The van der Waals surface area contributed by atoms with Gasteiger partial charge >= 0.3 is 0 Å². The largest absolute Gasteiger partial charge is 0.294 e. The highest BCUT2D eigenvalue weighted by molar-refractivity contribution is 7.11. The zero-order valence-corrected chi connectivity index (χ0v) is 7.30. The molecule has 0 fully saturated rings. The molecule has 0 bridgehead atoms. The molecule has 0 saturated heterocycles. The van der Waals surface area contributed by atoms with Crippen molar-refractivity contribution in [1.82, 2.24) is 0 Å². The summed E-state index contributed by atoms with van der Waals surface area (Å²) < 4.78 is 0. The van der Waals surface area contributed by atoms with E-state index in [-0.39, 0.29) is 5.78 Å². The molecule has 1 aromatic heterocycles. The molecule has 1 aliphatic rings. The van der Waals surface area contributed by atoms with Gasteiger partial charge in [0.15, 0.2) is 5.78 Å². The summed E-state index contributed by atoms with van der Waals surface area (Å²) in [6.45, 7) is 0. The summed E-state index contributed by atoms with van der Waals surface area (Å²) in [6, 6.07) is 4.02. The molecule has 60 valence electrons. The van der Waals surface area contributed by atoms with Gasteiger partial charge in [0.05, 0.1) is 0 Å². The van der Waals surface area contributed by atoms with E-state index < -0.39 is 0 Å². The second-order valence-corrected chi connectivity index (χ2v) is 3.60. The van der Waals surface area contributed by atoms with Crippen LogP contribution in [0, 0.1) is 0 Å². The van der Waals surface area contributed by atoms with Gasteiger partial charge in [-0.1, -0.05) is 18.2 Å². The van der Waals surface area contributed by atoms with E-state index in [1.54, 1.807) is 17.4 Å². The minimum absolute atomic E-state index is 0.195. The third kappa shape index (κ3) is 1.38. The first-order valence-corrected chi connectivity index (χ1v) is 4.69. The zero-order valence-electron chi connectivity index (χ0n) is 6.49. The highest BCUT2D eigenvalue weighted by Crippen LogP contribution is 2.23. The number of carbonyl (C=O) groups is 1. The third-order valence-electron chi connectivity index (χ3n) is 1.74. The molecule has 0 aromatic carbocycles. The van der Waals surface area contributed by atoms with Crippen molar-refractivity contribution in [2.75, 3.05) is 0 Å². The van der Waals surface area contributed by atoms with Crippen LogP contribution in [0.3, 0.4) is 0 Å². The van der Waals surface area contributed by atoms with E-state index in [4.69, 9.17) is 0 Å². The fourth-order valence-corrected chi connectivity index (χ4v) is 1.90. The van der Waals surface area contributed by atoms with E-state index in [9.17, 15) is 4.79 Å². The molecule has 12 heavy (non-hydrogen) atoms. The lowest BCUT2D eigenvalue weighted by Gasteiger charge is -2.02. The highest BCUT2D eigenvalue weighted by atomic mass is 32.1. The van der Waals surface area contributed by atoms with Crippen molar-refractivity contribution in [2.24, 2.45) is 0 Å². The van der Waals surface area contributed by atoms with Crippen LogP contribution < -0.4 is 0 Å². The van der Waals surface area contributed by atoms with Crippen LogP contribution in [-0.2, 0) is 4.79 Å². The molecule has 1 aromatic rings. The molecule has 0 saturated carbocycles. The Morgan fingerprint density at radius 2 is 2.33 bits per heavy atom. The van der Waals surface area contributed by atoms with Crippen molar-refractivity contribution >= 4 is 22.7 Å². The lowest BCUT2D eigenvalue weighted by atomic mass is 10.1. The number of hydrogen-bond acceptors (Lipinski definition) is 2. The Balaban J connectivity index is 2.36. The van der Waals surface area contributed by atoms with Gasteiger partial charge in [-0.25, -0.2) is 0 Å². The van der Waals surface area contributed by atoms with Gasteiger partial charge < -0.3 is 0 Å². The van der Waals surface area contributed by atoms with Crippen LogP contribution in [-0.4, -0.2) is 5.78 Å². The summed E-state index contributed by atoms with van der Waals surface area (Å²) in [5.74, 6) is 0.195. The minimum Gasteiger partial charge on any atom is -0.294 e. The van der Waals surface area contributed by atoms with E-state index in [2.05, 4.69) is 0 Å². The number of rotatable bonds is 1. The number of carbonyl (C=O) groups excluding carboxylic acids is 1. The Kier molecular flexibility index (Phi) is 1.92. The van der Waals surface area contributed by atoms with E-state index in [0.29, 0.717) is 6.42 Å². The molecule has 0 aliphatic heterocycles. The molecular formula is C10H8OS. The average Bonchev–Trinajstić information content (AvgIpc) is 2.56. The van der Waals surface area contributed by atoms with Gasteiger partial charge in [-0.3, -0.25) is 4.79 Å². The smallest absolute Gasteiger partial charge is 0.160 e. The zero-order chi connectivity index (χ0) is 8.39. The first kappa shape index (κ1) is 7.50. The van der Waals surface area contributed by atoms with Gasteiger partial charge in [0.1, 0.15) is 0 Å².